The second-order valence-corrected chi connectivity index (χ2v) is 4.95. The van der Waals surface area contributed by atoms with E-state index in [1.807, 2.05) is 43.3 Å². The smallest absolute Gasteiger partial charge is 0.187 e. The fourth-order valence-corrected chi connectivity index (χ4v) is 2.13. The quantitative estimate of drug-likeness (QED) is 0.651. The van der Waals surface area contributed by atoms with Crippen molar-refractivity contribution in [1.29, 1.82) is 0 Å². The van der Waals surface area contributed by atoms with Gasteiger partial charge in [0.15, 0.2) is 5.78 Å². The van der Waals surface area contributed by atoms with Crippen molar-refractivity contribution in [2.75, 3.05) is 5.32 Å². The second kappa shape index (κ2) is 6.20. The van der Waals surface area contributed by atoms with Crippen molar-refractivity contribution in [3.63, 3.8) is 0 Å². The highest BCUT2D eigenvalue weighted by Crippen LogP contribution is 2.21. The Bertz CT molecular complexity index is 621. The Morgan fingerprint density at radius 2 is 1.55 bits per heavy atom. The highest BCUT2D eigenvalue weighted by Gasteiger charge is 2.05. The molecule has 0 aliphatic carbocycles. The maximum Gasteiger partial charge on any atom is 0.187 e. The summed E-state index contributed by atoms with van der Waals surface area (Å²) in [5.74, 6) is 0.0156. The summed E-state index contributed by atoms with van der Waals surface area (Å²) in [5, 5.41) is 3.32. The van der Waals surface area contributed by atoms with E-state index in [1.165, 1.54) is 11.1 Å². The van der Waals surface area contributed by atoms with Crippen LogP contribution in [-0.2, 0) is 0 Å². The van der Waals surface area contributed by atoms with Crippen molar-refractivity contribution in [1.82, 2.24) is 0 Å². The molecule has 0 unspecified atom stereocenters. The predicted molar refractivity (Wildman–Crippen MR) is 84.1 cm³/mol. The van der Waals surface area contributed by atoms with E-state index >= 15 is 0 Å². The normalized spacial score (nSPS) is 11.2. The Morgan fingerprint density at radius 3 is 2.15 bits per heavy atom. The molecule has 0 fully saturated rings. The molecule has 0 radical (unpaired) electrons. The first-order valence-electron chi connectivity index (χ1n) is 6.69. The van der Waals surface area contributed by atoms with Gasteiger partial charge in [0.2, 0.25) is 0 Å². The molecule has 0 atom stereocenters. The monoisotopic (exact) mass is 265 g/mol. The van der Waals surface area contributed by atoms with Crippen LogP contribution in [0.25, 0.3) is 0 Å². The first kappa shape index (κ1) is 14.1. The van der Waals surface area contributed by atoms with Crippen molar-refractivity contribution >= 4 is 11.5 Å². The molecule has 20 heavy (non-hydrogen) atoms. The van der Waals surface area contributed by atoms with Gasteiger partial charge in [-0.15, -0.1) is 0 Å². The SMILES string of the molecule is CC(=CC(=O)c1ccccc1)Nc1c(C)cccc1C. The molecule has 0 heterocycles. The summed E-state index contributed by atoms with van der Waals surface area (Å²) in [7, 11) is 0. The van der Waals surface area contributed by atoms with E-state index in [1.54, 1.807) is 6.08 Å². The number of aryl methyl sites for hydroxylation is 2. The summed E-state index contributed by atoms with van der Waals surface area (Å²) in [5.41, 5.74) is 4.96. The van der Waals surface area contributed by atoms with Gasteiger partial charge in [-0.1, -0.05) is 48.5 Å². The van der Waals surface area contributed by atoms with Gasteiger partial charge in [-0.05, 0) is 31.9 Å². The minimum absolute atomic E-state index is 0.0156. The zero-order valence-electron chi connectivity index (χ0n) is 12.1. The summed E-state index contributed by atoms with van der Waals surface area (Å²) in [6, 6.07) is 15.4. The van der Waals surface area contributed by atoms with Crippen LogP contribution in [0.3, 0.4) is 0 Å². The summed E-state index contributed by atoms with van der Waals surface area (Å²) in [4.78, 5) is 12.1. The van der Waals surface area contributed by atoms with Crippen LogP contribution in [0.4, 0.5) is 5.69 Å². The van der Waals surface area contributed by atoms with Gasteiger partial charge in [0.1, 0.15) is 0 Å². The Hall–Kier alpha value is -2.35. The van der Waals surface area contributed by atoms with E-state index in [4.69, 9.17) is 0 Å². The van der Waals surface area contributed by atoms with E-state index in [2.05, 4.69) is 31.3 Å². The number of nitrogens with one attached hydrogen (secondary N) is 1. The molecule has 0 bridgehead atoms. The van der Waals surface area contributed by atoms with E-state index in [0.29, 0.717) is 5.56 Å². The van der Waals surface area contributed by atoms with Crippen LogP contribution in [0.1, 0.15) is 28.4 Å². The lowest BCUT2D eigenvalue weighted by Gasteiger charge is -2.12. The lowest BCUT2D eigenvalue weighted by Crippen LogP contribution is -2.03. The molecule has 2 rings (SSSR count). The van der Waals surface area contributed by atoms with Gasteiger partial charge in [0.05, 0.1) is 0 Å². The predicted octanol–water partition coefficient (Wildman–Crippen LogP) is 4.50. The number of para-hydroxylation sites is 1. The second-order valence-electron chi connectivity index (χ2n) is 4.95. The van der Waals surface area contributed by atoms with Gasteiger partial charge in [-0.3, -0.25) is 4.79 Å². The van der Waals surface area contributed by atoms with Gasteiger partial charge in [-0.2, -0.15) is 0 Å². The third-order valence-electron chi connectivity index (χ3n) is 3.21. The van der Waals surface area contributed by atoms with E-state index in [9.17, 15) is 4.79 Å². The number of ketones is 1. The van der Waals surface area contributed by atoms with Crippen molar-refractivity contribution < 1.29 is 4.79 Å². The number of benzene rings is 2. The standard InChI is InChI=1S/C18H19NO/c1-13-8-7-9-14(2)18(13)19-15(3)12-17(20)16-10-5-4-6-11-16/h4-12,19H,1-3H3. The molecule has 102 valence electrons. The van der Waals surface area contributed by atoms with Gasteiger partial charge in [0.25, 0.3) is 0 Å². The molecule has 0 aliphatic heterocycles. The first-order valence-corrected chi connectivity index (χ1v) is 6.69. The molecule has 0 aromatic heterocycles. The van der Waals surface area contributed by atoms with Gasteiger partial charge < -0.3 is 5.32 Å². The van der Waals surface area contributed by atoms with Crippen LogP contribution in [0.2, 0.25) is 0 Å². The van der Waals surface area contributed by atoms with Crippen molar-refractivity contribution in [3.8, 4) is 0 Å². The van der Waals surface area contributed by atoms with Crippen LogP contribution >= 0.6 is 0 Å². The average molecular weight is 265 g/mol. The van der Waals surface area contributed by atoms with Crippen LogP contribution in [0, 0.1) is 13.8 Å². The van der Waals surface area contributed by atoms with Crippen LogP contribution in [0.15, 0.2) is 60.3 Å². The summed E-state index contributed by atoms with van der Waals surface area (Å²) in [6.45, 7) is 6.02. The Kier molecular flexibility index (Phi) is 4.36. The minimum Gasteiger partial charge on any atom is -0.359 e. The number of carbonyl (C=O) groups is 1. The minimum atomic E-state index is 0.0156. The highest BCUT2D eigenvalue weighted by molar-refractivity contribution is 6.05. The summed E-state index contributed by atoms with van der Waals surface area (Å²) in [6.07, 6.45) is 1.64. The molecule has 2 aromatic carbocycles. The van der Waals surface area contributed by atoms with Crippen LogP contribution < -0.4 is 5.32 Å². The number of anilines is 1. The highest BCUT2D eigenvalue weighted by atomic mass is 16.1. The first-order chi connectivity index (χ1) is 9.58. The molecule has 0 amide bonds. The molecule has 0 saturated heterocycles. The molecule has 1 N–H and O–H groups in total. The van der Waals surface area contributed by atoms with Crippen LogP contribution in [0.5, 0.6) is 0 Å². The molecule has 2 heteroatoms. The number of hydrogen-bond acceptors (Lipinski definition) is 2. The largest absolute Gasteiger partial charge is 0.359 e. The topological polar surface area (TPSA) is 29.1 Å². The zero-order valence-corrected chi connectivity index (χ0v) is 12.1. The fourth-order valence-electron chi connectivity index (χ4n) is 2.13. The molecular formula is C18H19NO. The van der Waals surface area contributed by atoms with Gasteiger partial charge in [-0.25, -0.2) is 0 Å². The molecule has 0 spiro atoms. The third kappa shape index (κ3) is 3.35. The number of rotatable bonds is 4. The average Bonchev–Trinajstić information content (AvgIpc) is 2.44. The summed E-state index contributed by atoms with van der Waals surface area (Å²) >= 11 is 0. The zero-order chi connectivity index (χ0) is 14.5. The van der Waals surface area contributed by atoms with Crippen molar-refractivity contribution in [3.05, 3.63) is 77.0 Å². The summed E-state index contributed by atoms with van der Waals surface area (Å²) < 4.78 is 0. The molecule has 0 saturated carbocycles. The molecular weight excluding hydrogens is 246 g/mol. The molecule has 2 nitrogen and oxygen atoms in total. The fraction of sp³-hybridized carbons (Fsp3) is 0.167. The number of hydrogen-bond donors (Lipinski definition) is 1. The molecule has 2 aromatic rings. The van der Waals surface area contributed by atoms with Crippen molar-refractivity contribution in [2.24, 2.45) is 0 Å². The number of carbonyl (C=O) groups excluding carboxylic acids is 1. The van der Waals surface area contributed by atoms with E-state index in [0.717, 1.165) is 11.4 Å². The maximum absolute atomic E-state index is 12.1. The lowest BCUT2D eigenvalue weighted by atomic mass is 10.1. The maximum atomic E-state index is 12.1. The molecule has 0 aliphatic rings. The van der Waals surface area contributed by atoms with Crippen molar-refractivity contribution in [2.45, 2.75) is 20.8 Å². The van der Waals surface area contributed by atoms with Gasteiger partial charge in [0, 0.05) is 23.0 Å². The lowest BCUT2D eigenvalue weighted by molar-refractivity contribution is 0.104. The Balaban J connectivity index is 2.18. The number of allylic oxidation sites excluding steroid dienone is 2. The van der Waals surface area contributed by atoms with E-state index in [-0.39, 0.29) is 5.78 Å². The van der Waals surface area contributed by atoms with E-state index < -0.39 is 0 Å². The van der Waals surface area contributed by atoms with Crippen LogP contribution in [-0.4, -0.2) is 5.78 Å². The Labute approximate surface area is 120 Å². The third-order valence-corrected chi connectivity index (χ3v) is 3.21. The van der Waals surface area contributed by atoms with Gasteiger partial charge >= 0.3 is 0 Å². The Morgan fingerprint density at radius 1 is 0.950 bits per heavy atom.